The number of aromatic nitrogens is 1. The highest BCUT2D eigenvalue weighted by molar-refractivity contribution is 5.95. The number of hydrogen-bond donors (Lipinski definition) is 1. The van der Waals surface area contributed by atoms with Gasteiger partial charge in [-0.3, -0.25) is 4.79 Å². The molecule has 1 atom stereocenters. The van der Waals surface area contributed by atoms with E-state index < -0.39 is 0 Å². The van der Waals surface area contributed by atoms with E-state index in [1.54, 1.807) is 7.11 Å². The minimum Gasteiger partial charge on any atom is -0.497 e. The summed E-state index contributed by atoms with van der Waals surface area (Å²) in [6.45, 7) is 5.99. The van der Waals surface area contributed by atoms with Crippen molar-refractivity contribution < 1.29 is 14.3 Å². The van der Waals surface area contributed by atoms with E-state index in [9.17, 15) is 10.1 Å². The Morgan fingerprint density at radius 2 is 1.94 bits per heavy atom. The van der Waals surface area contributed by atoms with Gasteiger partial charge in [0.1, 0.15) is 17.6 Å². The van der Waals surface area contributed by atoms with Crippen LogP contribution in [0.15, 0.2) is 54.6 Å². The zero-order chi connectivity index (χ0) is 24.8. The van der Waals surface area contributed by atoms with E-state index in [0.717, 1.165) is 47.7 Å². The van der Waals surface area contributed by atoms with Crippen LogP contribution in [0.2, 0.25) is 0 Å². The smallest absolute Gasteiger partial charge is 0.245 e. The molecule has 0 spiro atoms. The predicted octanol–water partition coefficient (Wildman–Crippen LogP) is 4.81. The van der Waals surface area contributed by atoms with Gasteiger partial charge in [-0.05, 0) is 62.1 Å². The molecule has 0 unspecified atom stereocenters. The maximum absolute atomic E-state index is 13.4. The van der Waals surface area contributed by atoms with Crippen LogP contribution in [0.5, 0.6) is 5.75 Å². The Bertz CT molecular complexity index is 1190. The lowest BCUT2D eigenvalue weighted by Crippen LogP contribution is -2.34. The second kappa shape index (κ2) is 11.1. The number of nitriles is 1. The molecule has 0 radical (unpaired) electrons. The van der Waals surface area contributed by atoms with Crippen LogP contribution in [-0.4, -0.2) is 36.8 Å². The van der Waals surface area contributed by atoms with Gasteiger partial charge in [0.2, 0.25) is 5.91 Å². The van der Waals surface area contributed by atoms with Crippen LogP contribution in [-0.2, 0) is 22.6 Å². The Morgan fingerprint density at radius 3 is 2.57 bits per heavy atom. The van der Waals surface area contributed by atoms with Gasteiger partial charge in [-0.15, -0.1) is 0 Å². The molecule has 0 bridgehead atoms. The normalized spacial score (nSPS) is 15.0. The molecule has 182 valence electrons. The number of benzene rings is 2. The first kappa shape index (κ1) is 24.4. The minimum absolute atomic E-state index is 0.0940. The van der Waals surface area contributed by atoms with Crippen molar-refractivity contribution in [1.82, 2.24) is 4.57 Å². The highest BCUT2D eigenvalue weighted by Crippen LogP contribution is 2.29. The first-order valence-electron chi connectivity index (χ1n) is 11.9. The van der Waals surface area contributed by atoms with Gasteiger partial charge in [0.05, 0.1) is 31.9 Å². The summed E-state index contributed by atoms with van der Waals surface area (Å²) in [5.41, 5.74) is 4.38. The van der Waals surface area contributed by atoms with E-state index in [0.29, 0.717) is 24.5 Å². The van der Waals surface area contributed by atoms with Crippen LogP contribution in [0.3, 0.4) is 0 Å². The molecule has 7 nitrogen and oxygen atoms in total. The molecular weight excluding hydrogens is 440 g/mol. The quantitative estimate of drug-likeness (QED) is 0.484. The van der Waals surface area contributed by atoms with Crippen molar-refractivity contribution in [1.29, 1.82) is 5.26 Å². The van der Waals surface area contributed by atoms with Gasteiger partial charge in [-0.2, -0.15) is 5.26 Å². The van der Waals surface area contributed by atoms with Gasteiger partial charge in [-0.1, -0.05) is 30.3 Å². The average molecular weight is 473 g/mol. The fourth-order valence-electron chi connectivity index (χ4n) is 4.53. The molecule has 1 fully saturated rings. The third-order valence-electron chi connectivity index (χ3n) is 6.60. The van der Waals surface area contributed by atoms with E-state index in [-0.39, 0.29) is 18.6 Å². The number of nitrogens with zero attached hydrogens (tertiary/aromatic N) is 3. The highest BCUT2D eigenvalue weighted by Gasteiger charge is 2.24. The van der Waals surface area contributed by atoms with Crippen molar-refractivity contribution in [2.45, 2.75) is 45.9 Å². The molecule has 4 rings (SSSR count). The van der Waals surface area contributed by atoms with Crippen molar-refractivity contribution >= 4 is 17.4 Å². The summed E-state index contributed by atoms with van der Waals surface area (Å²) in [7, 11) is 1.63. The number of amides is 1. The van der Waals surface area contributed by atoms with E-state index in [2.05, 4.69) is 11.4 Å². The molecular formula is C28H32N4O3. The molecule has 2 heterocycles. The summed E-state index contributed by atoms with van der Waals surface area (Å²) in [5.74, 6) is 1.13. The van der Waals surface area contributed by atoms with Gasteiger partial charge >= 0.3 is 0 Å². The van der Waals surface area contributed by atoms with Crippen LogP contribution in [0, 0.1) is 25.2 Å². The summed E-state index contributed by atoms with van der Waals surface area (Å²) in [5, 5.41) is 12.9. The van der Waals surface area contributed by atoms with Crippen LogP contribution >= 0.6 is 0 Å². The fraction of sp³-hybridized carbons (Fsp3) is 0.357. The number of hydrogen-bond acceptors (Lipinski definition) is 5. The number of carbonyl (C=O) groups excluding carboxylic acids is 1. The number of methoxy groups -OCH3 is 1. The zero-order valence-corrected chi connectivity index (χ0v) is 20.6. The van der Waals surface area contributed by atoms with E-state index in [4.69, 9.17) is 9.47 Å². The Hall–Kier alpha value is -3.76. The Morgan fingerprint density at radius 1 is 1.20 bits per heavy atom. The van der Waals surface area contributed by atoms with Crippen LogP contribution in [0.25, 0.3) is 0 Å². The summed E-state index contributed by atoms with van der Waals surface area (Å²) >= 11 is 0. The average Bonchev–Trinajstić information content (AvgIpc) is 3.47. The Balaban J connectivity index is 1.58. The second-order valence-electron chi connectivity index (χ2n) is 8.88. The number of ether oxygens (including phenoxy) is 2. The standard InChI is InChI=1S/C28H32N4O3/c1-20-21(2)32(18-25-10-7-15-35-25)28(26(20)16-29)30-27(33)19-31(17-22-8-5-4-6-9-22)23-11-13-24(34-3)14-12-23/h4-6,8-9,11-14,25H,7,10,15,17-19H2,1-3H3,(H,30,33)/t25-/m1/s1. The van der Waals surface area contributed by atoms with Gasteiger partial charge in [0.15, 0.2) is 0 Å². The highest BCUT2D eigenvalue weighted by atomic mass is 16.5. The maximum Gasteiger partial charge on any atom is 0.245 e. The Kier molecular flexibility index (Phi) is 7.74. The molecule has 1 aliphatic heterocycles. The first-order chi connectivity index (χ1) is 17.0. The first-order valence-corrected chi connectivity index (χ1v) is 11.9. The fourth-order valence-corrected chi connectivity index (χ4v) is 4.53. The predicted molar refractivity (Wildman–Crippen MR) is 137 cm³/mol. The second-order valence-corrected chi connectivity index (χ2v) is 8.88. The number of nitrogens with one attached hydrogen (secondary N) is 1. The molecule has 1 N–H and O–H groups in total. The maximum atomic E-state index is 13.4. The van der Waals surface area contributed by atoms with E-state index in [1.807, 2.05) is 77.9 Å². The molecule has 0 aliphatic carbocycles. The topological polar surface area (TPSA) is 79.5 Å². The molecule has 1 aliphatic rings. The summed E-state index contributed by atoms with van der Waals surface area (Å²) in [6.07, 6.45) is 2.11. The summed E-state index contributed by atoms with van der Waals surface area (Å²) in [4.78, 5) is 15.4. The van der Waals surface area contributed by atoms with Crippen molar-refractivity contribution in [3.8, 4) is 11.8 Å². The third kappa shape index (κ3) is 5.67. The summed E-state index contributed by atoms with van der Waals surface area (Å²) in [6, 6.07) is 20.0. The molecule has 1 aromatic heterocycles. The van der Waals surface area contributed by atoms with Crippen molar-refractivity contribution in [2.75, 3.05) is 30.5 Å². The van der Waals surface area contributed by atoms with Crippen molar-refractivity contribution in [3.05, 3.63) is 77.0 Å². The zero-order valence-electron chi connectivity index (χ0n) is 20.6. The molecule has 0 saturated carbocycles. The van der Waals surface area contributed by atoms with Gasteiger partial charge in [0.25, 0.3) is 0 Å². The lowest BCUT2D eigenvalue weighted by Gasteiger charge is -2.25. The Labute approximate surface area is 206 Å². The number of rotatable bonds is 9. The summed E-state index contributed by atoms with van der Waals surface area (Å²) < 4.78 is 13.1. The van der Waals surface area contributed by atoms with Crippen molar-refractivity contribution in [3.63, 3.8) is 0 Å². The lowest BCUT2D eigenvalue weighted by molar-refractivity contribution is -0.115. The van der Waals surface area contributed by atoms with Crippen LogP contribution in [0.1, 0.15) is 35.2 Å². The minimum atomic E-state index is -0.181. The molecule has 7 heteroatoms. The van der Waals surface area contributed by atoms with Gasteiger partial charge in [-0.25, -0.2) is 0 Å². The molecule has 2 aromatic carbocycles. The molecule has 35 heavy (non-hydrogen) atoms. The SMILES string of the molecule is COc1ccc(N(CC(=O)Nc2c(C#N)c(C)c(C)n2C[C@H]2CCCO2)Cc2ccccc2)cc1. The van der Waals surface area contributed by atoms with Gasteiger partial charge in [0, 0.05) is 24.5 Å². The van der Waals surface area contributed by atoms with E-state index in [1.165, 1.54) is 0 Å². The largest absolute Gasteiger partial charge is 0.497 e. The molecule has 1 saturated heterocycles. The third-order valence-corrected chi connectivity index (χ3v) is 6.60. The molecule has 1 amide bonds. The van der Waals surface area contributed by atoms with Crippen molar-refractivity contribution in [2.24, 2.45) is 0 Å². The number of anilines is 2. The van der Waals surface area contributed by atoms with Gasteiger partial charge < -0.3 is 24.3 Å². The number of carbonyl (C=O) groups is 1. The van der Waals surface area contributed by atoms with Crippen LogP contribution < -0.4 is 15.0 Å². The van der Waals surface area contributed by atoms with Crippen LogP contribution in [0.4, 0.5) is 11.5 Å². The molecule has 3 aromatic rings. The van der Waals surface area contributed by atoms with E-state index >= 15 is 0 Å². The lowest BCUT2D eigenvalue weighted by atomic mass is 10.2. The monoisotopic (exact) mass is 472 g/mol.